The van der Waals surface area contributed by atoms with Gasteiger partial charge in [-0.2, -0.15) is 0 Å². The number of carbonyl (C=O) groups excluding carboxylic acids is 1. The average molecular weight is 271 g/mol. The van der Waals surface area contributed by atoms with Crippen LogP contribution in [0, 0.1) is 0 Å². The number of nitrogen functional groups attached to an aromatic ring is 1. The molecule has 2 N–H and O–H groups in total. The molecule has 0 aliphatic carbocycles. The van der Waals surface area contributed by atoms with Crippen LogP contribution >= 0.6 is 11.6 Å². The molecule has 0 aliphatic heterocycles. The van der Waals surface area contributed by atoms with Crippen molar-refractivity contribution in [2.75, 3.05) is 40.0 Å². The maximum atomic E-state index is 12.1. The van der Waals surface area contributed by atoms with Gasteiger partial charge in [0.25, 0.3) is 5.91 Å². The van der Waals surface area contributed by atoms with E-state index in [4.69, 9.17) is 17.3 Å². The Bertz CT molecular complexity index is 423. The number of rotatable bonds is 5. The number of nitrogens with two attached hydrogens (primary N) is 1. The molecule has 1 heterocycles. The summed E-state index contributed by atoms with van der Waals surface area (Å²) in [7, 11) is 5.78. The number of halogens is 1. The van der Waals surface area contributed by atoms with Crippen molar-refractivity contribution in [3.05, 3.63) is 22.8 Å². The Hall–Kier alpha value is -1.33. The molecule has 0 bridgehead atoms. The van der Waals surface area contributed by atoms with Gasteiger partial charge in [0.15, 0.2) is 0 Å². The fourth-order valence-corrected chi connectivity index (χ4v) is 1.68. The highest BCUT2D eigenvalue weighted by molar-refractivity contribution is 6.33. The van der Waals surface area contributed by atoms with E-state index >= 15 is 0 Å². The summed E-state index contributed by atoms with van der Waals surface area (Å²) >= 11 is 5.84. The van der Waals surface area contributed by atoms with Crippen molar-refractivity contribution in [1.29, 1.82) is 0 Å². The van der Waals surface area contributed by atoms with Crippen LogP contribution in [0.1, 0.15) is 16.8 Å². The predicted molar refractivity (Wildman–Crippen MR) is 73.8 cm³/mol. The lowest BCUT2D eigenvalue weighted by Gasteiger charge is -2.18. The van der Waals surface area contributed by atoms with E-state index in [1.165, 1.54) is 6.20 Å². The van der Waals surface area contributed by atoms with Crippen LogP contribution in [0.3, 0.4) is 0 Å². The summed E-state index contributed by atoms with van der Waals surface area (Å²) in [6.07, 6.45) is 2.37. The standard InChI is InChI=1S/C12H19ClN4O/c1-16(2)5-4-6-17(3)12(18)9-7-10(13)11(14)15-8-9/h7-8H,4-6H2,1-3H3,(H2,14,15). The molecular weight excluding hydrogens is 252 g/mol. The summed E-state index contributed by atoms with van der Waals surface area (Å²) in [5.74, 6) is 0.145. The molecule has 0 spiro atoms. The molecule has 0 atom stereocenters. The van der Waals surface area contributed by atoms with Gasteiger partial charge in [-0.25, -0.2) is 4.98 Å². The van der Waals surface area contributed by atoms with Gasteiger partial charge in [0.2, 0.25) is 0 Å². The highest BCUT2D eigenvalue weighted by Crippen LogP contribution is 2.17. The first-order valence-corrected chi connectivity index (χ1v) is 6.11. The molecule has 0 saturated carbocycles. The lowest BCUT2D eigenvalue weighted by atomic mass is 10.2. The molecule has 0 saturated heterocycles. The molecule has 100 valence electrons. The lowest BCUT2D eigenvalue weighted by molar-refractivity contribution is 0.0790. The molecule has 1 aromatic rings. The number of aromatic nitrogens is 1. The number of carbonyl (C=O) groups is 1. The highest BCUT2D eigenvalue weighted by Gasteiger charge is 2.13. The van der Waals surface area contributed by atoms with E-state index in [0.717, 1.165) is 13.0 Å². The van der Waals surface area contributed by atoms with Crippen LogP contribution in [-0.2, 0) is 0 Å². The minimum Gasteiger partial charge on any atom is -0.382 e. The maximum Gasteiger partial charge on any atom is 0.255 e. The molecule has 6 heteroatoms. The minimum atomic E-state index is -0.0943. The summed E-state index contributed by atoms with van der Waals surface area (Å²) in [4.78, 5) is 19.7. The van der Waals surface area contributed by atoms with Crippen LogP contribution in [0.2, 0.25) is 5.02 Å². The third-order valence-electron chi connectivity index (χ3n) is 2.56. The van der Waals surface area contributed by atoms with E-state index in [-0.39, 0.29) is 11.7 Å². The molecule has 18 heavy (non-hydrogen) atoms. The van der Waals surface area contributed by atoms with Crippen LogP contribution in [0.5, 0.6) is 0 Å². The van der Waals surface area contributed by atoms with E-state index in [2.05, 4.69) is 9.88 Å². The van der Waals surface area contributed by atoms with Crippen molar-refractivity contribution in [3.63, 3.8) is 0 Å². The average Bonchev–Trinajstić information content (AvgIpc) is 2.31. The van der Waals surface area contributed by atoms with Crippen LogP contribution in [0.25, 0.3) is 0 Å². The van der Waals surface area contributed by atoms with Crippen LogP contribution < -0.4 is 5.73 Å². The first-order chi connectivity index (χ1) is 8.41. The molecule has 1 rings (SSSR count). The Labute approximate surface area is 113 Å². The zero-order valence-electron chi connectivity index (χ0n) is 11.0. The molecule has 1 amide bonds. The molecule has 1 aromatic heterocycles. The number of hydrogen-bond acceptors (Lipinski definition) is 4. The van der Waals surface area contributed by atoms with Crippen molar-refractivity contribution < 1.29 is 4.79 Å². The van der Waals surface area contributed by atoms with E-state index in [1.807, 2.05) is 14.1 Å². The monoisotopic (exact) mass is 270 g/mol. The van der Waals surface area contributed by atoms with Gasteiger partial charge in [0.1, 0.15) is 5.82 Å². The van der Waals surface area contributed by atoms with E-state index in [0.29, 0.717) is 17.1 Å². The molecule has 0 unspecified atom stereocenters. The molecule has 0 radical (unpaired) electrons. The fraction of sp³-hybridized carbons (Fsp3) is 0.500. The largest absolute Gasteiger partial charge is 0.382 e. The van der Waals surface area contributed by atoms with Gasteiger partial charge in [-0.3, -0.25) is 4.79 Å². The predicted octanol–water partition coefficient (Wildman–Crippen LogP) is 1.34. The number of hydrogen-bond donors (Lipinski definition) is 1. The SMILES string of the molecule is CN(C)CCCN(C)C(=O)c1cnc(N)c(Cl)c1. The van der Waals surface area contributed by atoms with Gasteiger partial charge >= 0.3 is 0 Å². The van der Waals surface area contributed by atoms with Crippen LogP contribution in [-0.4, -0.2) is 54.9 Å². The zero-order valence-corrected chi connectivity index (χ0v) is 11.7. The van der Waals surface area contributed by atoms with Crippen LogP contribution in [0.4, 0.5) is 5.82 Å². The second-order valence-electron chi connectivity index (χ2n) is 4.47. The third-order valence-corrected chi connectivity index (χ3v) is 2.86. The van der Waals surface area contributed by atoms with Gasteiger partial charge in [-0.1, -0.05) is 11.6 Å². The van der Waals surface area contributed by atoms with Gasteiger partial charge in [0, 0.05) is 19.8 Å². The Kier molecular flexibility index (Phi) is 5.37. The topological polar surface area (TPSA) is 62.5 Å². The second kappa shape index (κ2) is 6.56. The molecule has 5 nitrogen and oxygen atoms in total. The van der Waals surface area contributed by atoms with E-state index < -0.39 is 0 Å². The van der Waals surface area contributed by atoms with Gasteiger partial charge in [-0.15, -0.1) is 0 Å². The molecule has 0 aromatic carbocycles. The van der Waals surface area contributed by atoms with E-state index in [1.54, 1.807) is 18.0 Å². The van der Waals surface area contributed by atoms with Crippen molar-refractivity contribution in [2.24, 2.45) is 0 Å². The van der Waals surface area contributed by atoms with Gasteiger partial charge in [0.05, 0.1) is 10.6 Å². The first-order valence-electron chi connectivity index (χ1n) is 5.73. The van der Waals surface area contributed by atoms with Crippen molar-refractivity contribution in [3.8, 4) is 0 Å². The second-order valence-corrected chi connectivity index (χ2v) is 4.88. The Morgan fingerprint density at radius 1 is 1.39 bits per heavy atom. The minimum absolute atomic E-state index is 0.0943. The van der Waals surface area contributed by atoms with Crippen molar-refractivity contribution in [2.45, 2.75) is 6.42 Å². The number of anilines is 1. The summed E-state index contributed by atoms with van der Waals surface area (Å²) in [6, 6.07) is 1.55. The Balaban J connectivity index is 2.60. The van der Waals surface area contributed by atoms with Crippen LogP contribution in [0.15, 0.2) is 12.3 Å². The summed E-state index contributed by atoms with van der Waals surface area (Å²) in [6.45, 7) is 1.64. The van der Waals surface area contributed by atoms with Gasteiger partial charge in [-0.05, 0) is 33.1 Å². The summed E-state index contributed by atoms with van der Waals surface area (Å²) in [5.41, 5.74) is 5.96. The van der Waals surface area contributed by atoms with Crippen molar-refractivity contribution >= 4 is 23.3 Å². The maximum absolute atomic E-state index is 12.1. The molecular formula is C12H19ClN4O. The molecule has 0 aliphatic rings. The Morgan fingerprint density at radius 3 is 2.61 bits per heavy atom. The zero-order chi connectivity index (χ0) is 13.7. The number of amides is 1. The normalized spacial score (nSPS) is 10.7. The quantitative estimate of drug-likeness (QED) is 0.877. The Morgan fingerprint density at radius 2 is 2.06 bits per heavy atom. The van der Waals surface area contributed by atoms with Gasteiger partial charge < -0.3 is 15.5 Å². The number of pyridine rings is 1. The summed E-state index contributed by atoms with van der Waals surface area (Å²) in [5, 5.41) is 0.308. The lowest BCUT2D eigenvalue weighted by Crippen LogP contribution is -2.29. The van der Waals surface area contributed by atoms with E-state index in [9.17, 15) is 4.79 Å². The smallest absolute Gasteiger partial charge is 0.255 e. The number of nitrogens with zero attached hydrogens (tertiary/aromatic N) is 3. The third kappa shape index (κ3) is 4.16. The highest BCUT2D eigenvalue weighted by atomic mass is 35.5. The van der Waals surface area contributed by atoms with Crippen molar-refractivity contribution in [1.82, 2.24) is 14.8 Å². The fourth-order valence-electron chi connectivity index (χ4n) is 1.51. The first kappa shape index (κ1) is 14.7. The summed E-state index contributed by atoms with van der Waals surface area (Å²) < 4.78 is 0. The molecule has 0 fully saturated rings.